The Kier molecular flexibility index (Phi) is 2.79. The van der Waals surface area contributed by atoms with E-state index in [0.29, 0.717) is 12.8 Å². The van der Waals surface area contributed by atoms with Gasteiger partial charge in [-0.2, -0.15) is 0 Å². The second kappa shape index (κ2) is 4.12. The van der Waals surface area contributed by atoms with Gasteiger partial charge >= 0.3 is 5.97 Å². The minimum atomic E-state index is -0.923. The van der Waals surface area contributed by atoms with Crippen LogP contribution in [0.15, 0.2) is 18.5 Å². The summed E-state index contributed by atoms with van der Waals surface area (Å²) < 4.78 is 13.2. The van der Waals surface area contributed by atoms with E-state index in [9.17, 15) is 14.0 Å². The first-order valence-electron chi connectivity index (χ1n) is 5.16. The number of carboxylic acid groups (broad SMARTS) is 1. The quantitative estimate of drug-likeness (QED) is 0.813. The minimum Gasteiger partial charge on any atom is -0.481 e. The van der Waals surface area contributed by atoms with Gasteiger partial charge in [-0.05, 0) is 18.9 Å². The summed E-state index contributed by atoms with van der Waals surface area (Å²) in [7, 11) is 0. The van der Waals surface area contributed by atoms with Crippen LogP contribution >= 0.6 is 0 Å². The van der Waals surface area contributed by atoms with Crippen LogP contribution < -0.4 is 5.32 Å². The third-order valence-corrected chi connectivity index (χ3v) is 2.91. The third kappa shape index (κ3) is 2.25. The Bertz CT molecular complexity index is 472. The highest BCUT2D eigenvalue weighted by atomic mass is 19.1. The van der Waals surface area contributed by atoms with Gasteiger partial charge in [0.1, 0.15) is 0 Å². The van der Waals surface area contributed by atoms with Gasteiger partial charge in [-0.1, -0.05) is 0 Å². The minimum absolute atomic E-state index is 0.0307. The van der Waals surface area contributed by atoms with Gasteiger partial charge in [-0.15, -0.1) is 0 Å². The molecule has 0 radical (unpaired) electrons. The number of aliphatic carboxylic acids is 1. The second-order valence-corrected chi connectivity index (χ2v) is 4.12. The third-order valence-electron chi connectivity index (χ3n) is 2.91. The van der Waals surface area contributed by atoms with Gasteiger partial charge < -0.3 is 10.4 Å². The molecular formula is C11H11FN2O3. The molecule has 0 atom stereocenters. The van der Waals surface area contributed by atoms with E-state index in [0.717, 1.165) is 6.20 Å². The normalized spacial score (nSPS) is 16.3. The summed E-state index contributed by atoms with van der Waals surface area (Å²) >= 11 is 0. The summed E-state index contributed by atoms with van der Waals surface area (Å²) in [6.45, 7) is 0.0307. The van der Waals surface area contributed by atoms with Crippen LogP contribution in [0, 0.1) is 11.2 Å². The van der Waals surface area contributed by atoms with E-state index in [4.69, 9.17) is 5.11 Å². The monoisotopic (exact) mass is 238 g/mol. The highest BCUT2D eigenvalue weighted by molar-refractivity contribution is 5.94. The second-order valence-electron chi connectivity index (χ2n) is 4.12. The SMILES string of the molecule is O=C(NCC1(C(=O)O)CC1)c1ccncc1F. The number of carbonyl (C=O) groups excluding carboxylic acids is 1. The van der Waals surface area contributed by atoms with Crippen molar-refractivity contribution in [2.75, 3.05) is 6.54 Å². The Morgan fingerprint density at radius 2 is 2.24 bits per heavy atom. The molecule has 1 heterocycles. The van der Waals surface area contributed by atoms with Gasteiger partial charge in [0, 0.05) is 12.7 Å². The first-order valence-corrected chi connectivity index (χ1v) is 5.16. The van der Waals surface area contributed by atoms with Gasteiger partial charge in [-0.3, -0.25) is 14.6 Å². The summed E-state index contributed by atoms with van der Waals surface area (Å²) in [6, 6.07) is 1.25. The molecule has 1 amide bonds. The lowest BCUT2D eigenvalue weighted by Crippen LogP contribution is -2.34. The molecule has 1 aromatic heterocycles. The summed E-state index contributed by atoms with van der Waals surface area (Å²) in [5, 5.41) is 11.3. The highest BCUT2D eigenvalue weighted by Gasteiger charge is 2.50. The van der Waals surface area contributed by atoms with Gasteiger partial charge in [-0.25, -0.2) is 4.39 Å². The Morgan fingerprint density at radius 1 is 1.53 bits per heavy atom. The highest BCUT2D eigenvalue weighted by Crippen LogP contribution is 2.45. The number of amides is 1. The van der Waals surface area contributed by atoms with Crippen LogP contribution in [-0.2, 0) is 4.79 Å². The zero-order valence-electron chi connectivity index (χ0n) is 8.94. The van der Waals surface area contributed by atoms with Crippen LogP contribution in [0.25, 0.3) is 0 Å². The van der Waals surface area contributed by atoms with Gasteiger partial charge in [0.2, 0.25) is 0 Å². The van der Waals surface area contributed by atoms with E-state index < -0.39 is 23.1 Å². The largest absolute Gasteiger partial charge is 0.481 e. The van der Waals surface area contributed by atoms with Crippen molar-refractivity contribution in [3.05, 3.63) is 29.8 Å². The van der Waals surface area contributed by atoms with Crippen molar-refractivity contribution < 1.29 is 19.1 Å². The molecule has 0 bridgehead atoms. The number of nitrogens with zero attached hydrogens (tertiary/aromatic N) is 1. The fourth-order valence-electron chi connectivity index (χ4n) is 1.52. The van der Waals surface area contributed by atoms with Crippen molar-refractivity contribution in [3.8, 4) is 0 Å². The topological polar surface area (TPSA) is 79.3 Å². The maximum atomic E-state index is 13.2. The molecule has 2 N–H and O–H groups in total. The molecule has 90 valence electrons. The molecule has 0 aromatic carbocycles. The van der Waals surface area contributed by atoms with E-state index in [1.165, 1.54) is 12.3 Å². The van der Waals surface area contributed by atoms with Crippen molar-refractivity contribution in [1.29, 1.82) is 0 Å². The zero-order chi connectivity index (χ0) is 12.5. The molecule has 1 aliphatic carbocycles. The van der Waals surface area contributed by atoms with Crippen molar-refractivity contribution in [3.63, 3.8) is 0 Å². The number of hydrogen-bond donors (Lipinski definition) is 2. The Morgan fingerprint density at radius 3 is 2.76 bits per heavy atom. The Labute approximate surface area is 96.7 Å². The van der Waals surface area contributed by atoms with Crippen LogP contribution in [0.1, 0.15) is 23.2 Å². The molecule has 5 nitrogen and oxygen atoms in total. The lowest BCUT2D eigenvalue weighted by atomic mass is 10.1. The molecule has 1 aromatic rings. The fourth-order valence-corrected chi connectivity index (χ4v) is 1.52. The first kappa shape index (κ1) is 11.5. The number of halogens is 1. The number of pyridine rings is 1. The van der Waals surface area contributed by atoms with Crippen LogP contribution in [0.4, 0.5) is 4.39 Å². The van der Waals surface area contributed by atoms with Crippen molar-refractivity contribution in [1.82, 2.24) is 10.3 Å². The van der Waals surface area contributed by atoms with Gasteiger partial charge in [0.05, 0.1) is 17.2 Å². The molecule has 2 rings (SSSR count). The van der Waals surface area contributed by atoms with E-state index in [2.05, 4.69) is 10.3 Å². The van der Waals surface area contributed by atoms with Crippen molar-refractivity contribution in [2.24, 2.45) is 5.41 Å². The Balaban J connectivity index is 1.99. The van der Waals surface area contributed by atoms with Crippen molar-refractivity contribution >= 4 is 11.9 Å². The van der Waals surface area contributed by atoms with E-state index >= 15 is 0 Å². The molecule has 1 fully saturated rings. The molecule has 0 spiro atoms. The summed E-state index contributed by atoms with van der Waals surface area (Å²) in [4.78, 5) is 26.0. The fraction of sp³-hybridized carbons (Fsp3) is 0.364. The van der Waals surface area contributed by atoms with Crippen LogP contribution in [0.5, 0.6) is 0 Å². The zero-order valence-corrected chi connectivity index (χ0v) is 8.94. The van der Waals surface area contributed by atoms with Crippen molar-refractivity contribution in [2.45, 2.75) is 12.8 Å². The molecule has 6 heteroatoms. The summed E-state index contributed by atoms with van der Waals surface area (Å²) in [6.07, 6.45) is 3.34. The number of nitrogens with one attached hydrogen (secondary N) is 1. The first-order chi connectivity index (χ1) is 8.05. The molecule has 1 aliphatic rings. The maximum absolute atomic E-state index is 13.2. The average Bonchev–Trinajstić information content (AvgIpc) is 3.07. The average molecular weight is 238 g/mol. The molecular weight excluding hydrogens is 227 g/mol. The number of carboxylic acids is 1. The smallest absolute Gasteiger partial charge is 0.311 e. The molecule has 1 saturated carbocycles. The van der Waals surface area contributed by atoms with E-state index in [1.54, 1.807) is 0 Å². The molecule has 0 saturated heterocycles. The molecule has 0 unspecified atom stereocenters. The van der Waals surface area contributed by atoms with Crippen LogP contribution in [0.3, 0.4) is 0 Å². The summed E-state index contributed by atoms with van der Waals surface area (Å²) in [5.74, 6) is -2.25. The van der Waals surface area contributed by atoms with Crippen LogP contribution in [-0.4, -0.2) is 28.5 Å². The maximum Gasteiger partial charge on any atom is 0.311 e. The van der Waals surface area contributed by atoms with E-state index in [-0.39, 0.29) is 12.1 Å². The lowest BCUT2D eigenvalue weighted by molar-refractivity contribution is -0.143. The number of carbonyl (C=O) groups is 2. The number of rotatable bonds is 4. The summed E-state index contributed by atoms with van der Waals surface area (Å²) in [5.41, 5.74) is -0.972. The predicted octanol–water partition coefficient (Wildman–Crippen LogP) is 0.815. The van der Waals surface area contributed by atoms with E-state index in [1.807, 2.05) is 0 Å². The Hall–Kier alpha value is -1.98. The van der Waals surface area contributed by atoms with Gasteiger partial charge in [0.15, 0.2) is 5.82 Å². The standard InChI is InChI=1S/C11H11FN2O3/c12-8-5-13-4-1-7(8)9(15)14-6-11(2-3-11)10(16)17/h1,4-5H,2-3,6H2,(H,14,15)(H,16,17). The molecule has 17 heavy (non-hydrogen) atoms. The lowest BCUT2D eigenvalue weighted by Gasteiger charge is -2.11. The van der Waals surface area contributed by atoms with Gasteiger partial charge in [0.25, 0.3) is 5.91 Å². The molecule has 0 aliphatic heterocycles. The predicted molar refractivity (Wildman–Crippen MR) is 55.8 cm³/mol. The number of aromatic nitrogens is 1. The number of hydrogen-bond acceptors (Lipinski definition) is 3. The van der Waals surface area contributed by atoms with Crippen LogP contribution in [0.2, 0.25) is 0 Å².